The van der Waals surface area contributed by atoms with Gasteiger partial charge < -0.3 is 22.1 Å². The fourth-order valence-corrected chi connectivity index (χ4v) is 1.59. The Morgan fingerprint density at radius 1 is 0.944 bits per heavy atom. The second kappa shape index (κ2) is 6.73. The Hall–Kier alpha value is -1.92. The zero-order chi connectivity index (χ0) is 13.5. The number of hydrogen-bond donors (Lipinski definition) is 3. The normalized spacial score (nSPS) is 10.1. The molecule has 0 aromatic heterocycles. The molecule has 0 aliphatic carbocycles. The first kappa shape index (κ1) is 14.1. The van der Waals surface area contributed by atoms with Crippen LogP contribution >= 0.6 is 0 Å². The van der Waals surface area contributed by atoms with E-state index in [4.69, 9.17) is 17.2 Å². The first-order chi connectivity index (χ1) is 8.60. The highest BCUT2D eigenvalue weighted by molar-refractivity contribution is 5.97. The highest BCUT2D eigenvalue weighted by Crippen LogP contribution is 2.07. The summed E-state index contributed by atoms with van der Waals surface area (Å²) in [6.45, 7) is 1.66. The van der Waals surface area contributed by atoms with Crippen LogP contribution in [0.3, 0.4) is 0 Å². The first-order valence-corrected chi connectivity index (χ1v) is 5.69. The Morgan fingerprint density at radius 3 is 1.78 bits per heavy atom. The fourth-order valence-electron chi connectivity index (χ4n) is 1.59. The Morgan fingerprint density at radius 2 is 1.39 bits per heavy atom. The highest BCUT2D eigenvalue weighted by atomic mass is 16.2. The van der Waals surface area contributed by atoms with Crippen molar-refractivity contribution >= 4 is 11.8 Å². The maximum absolute atomic E-state index is 12.1. The predicted octanol–water partition coefficient (Wildman–Crippen LogP) is -0.855. The van der Waals surface area contributed by atoms with E-state index in [-0.39, 0.29) is 5.91 Å². The summed E-state index contributed by atoms with van der Waals surface area (Å²) in [7, 11) is 0. The summed E-state index contributed by atoms with van der Waals surface area (Å²) in [5.41, 5.74) is 16.9. The molecule has 0 aliphatic rings. The van der Waals surface area contributed by atoms with E-state index in [0.717, 1.165) is 0 Å². The molecule has 0 spiro atoms. The van der Waals surface area contributed by atoms with Crippen molar-refractivity contribution in [1.29, 1.82) is 0 Å². The molecule has 18 heavy (non-hydrogen) atoms. The Labute approximate surface area is 106 Å². The van der Waals surface area contributed by atoms with Crippen LogP contribution in [0.1, 0.15) is 20.7 Å². The molecule has 0 atom stereocenters. The van der Waals surface area contributed by atoms with Crippen LogP contribution in [0.5, 0.6) is 0 Å². The van der Waals surface area contributed by atoms with Crippen molar-refractivity contribution in [2.75, 3.05) is 26.2 Å². The third kappa shape index (κ3) is 3.54. The second-order valence-electron chi connectivity index (χ2n) is 3.81. The van der Waals surface area contributed by atoms with Crippen LogP contribution < -0.4 is 17.2 Å². The van der Waals surface area contributed by atoms with Gasteiger partial charge in [0.25, 0.3) is 5.91 Å². The molecule has 1 rings (SSSR count). The standard InChI is InChI=1S/C12H18N4O2/c13-5-7-16(8-6-14)12(18)10-3-1-9(2-4-10)11(15)17/h1-4H,5-8,13-14H2,(H2,15,17). The minimum absolute atomic E-state index is 0.151. The molecule has 6 heteroatoms. The smallest absolute Gasteiger partial charge is 0.253 e. The molecule has 0 saturated heterocycles. The van der Waals surface area contributed by atoms with E-state index in [1.54, 1.807) is 17.0 Å². The van der Waals surface area contributed by atoms with Gasteiger partial charge in [-0.3, -0.25) is 9.59 Å². The van der Waals surface area contributed by atoms with Crippen LogP contribution in [0.25, 0.3) is 0 Å². The van der Waals surface area contributed by atoms with Gasteiger partial charge in [-0.25, -0.2) is 0 Å². The minimum Gasteiger partial charge on any atom is -0.366 e. The van der Waals surface area contributed by atoms with E-state index >= 15 is 0 Å². The number of benzene rings is 1. The SMILES string of the molecule is NCCN(CCN)C(=O)c1ccc(C(N)=O)cc1. The summed E-state index contributed by atoms with van der Waals surface area (Å²) in [4.78, 5) is 24.6. The molecule has 0 bridgehead atoms. The summed E-state index contributed by atoms with van der Waals surface area (Å²) in [5.74, 6) is -0.670. The molecule has 6 nitrogen and oxygen atoms in total. The van der Waals surface area contributed by atoms with E-state index in [1.807, 2.05) is 0 Å². The largest absolute Gasteiger partial charge is 0.366 e. The molecule has 0 unspecified atom stereocenters. The van der Waals surface area contributed by atoms with Crippen LogP contribution in [0.4, 0.5) is 0 Å². The van der Waals surface area contributed by atoms with Crippen LogP contribution in [-0.4, -0.2) is 42.9 Å². The topological polar surface area (TPSA) is 115 Å². The van der Waals surface area contributed by atoms with E-state index in [9.17, 15) is 9.59 Å². The predicted molar refractivity (Wildman–Crippen MR) is 69.0 cm³/mol. The lowest BCUT2D eigenvalue weighted by atomic mass is 10.1. The molecule has 1 aromatic rings. The molecule has 0 radical (unpaired) electrons. The van der Waals surface area contributed by atoms with Gasteiger partial charge in [0, 0.05) is 37.3 Å². The monoisotopic (exact) mass is 250 g/mol. The number of nitrogens with two attached hydrogens (primary N) is 3. The Kier molecular flexibility index (Phi) is 5.29. The summed E-state index contributed by atoms with van der Waals surface area (Å²) >= 11 is 0. The van der Waals surface area contributed by atoms with Crippen LogP contribution in [-0.2, 0) is 0 Å². The van der Waals surface area contributed by atoms with E-state index < -0.39 is 5.91 Å². The minimum atomic E-state index is -0.519. The van der Waals surface area contributed by atoms with E-state index in [1.165, 1.54) is 12.1 Å². The molecule has 0 saturated carbocycles. The molecular formula is C12H18N4O2. The number of carbonyl (C=O) groups excluding carboxylic acids is 2. The molecule has 2 amide bonds. The number of hydrogen-bond acceptors (Lipinski definition) is 4. The van der Waals surface area contributed by atoms with Crippen molar-refractivity contribution in [2.45, 2.75) is 0 Å². The van der Waals surface area contributed by atoms with Crippen molar-refractivity contribution in [2.24, 2.45) is 17.2 Å². The summed E-state index contributed by atoms with van der Waals surface area (Å²) in [5, 5.41) is 0. The van der Waals surface area contributed by atoms with Gasteiger partial charge in [-0.15, -0.1) is 0 Å². The van der Waals surface area contributed by atoms with Gasteiger partial charge in [-0.2, -0.15) is 0 Å². The average molecular weight is 250 g/mol. The number of carbonyl (C=O) groups is 2. The lowest BCUT2D eigenvalue weighted by molar-refractivity contribution is 0.0764. The zero-order valence-corrected chi connectivity index (χ0v) is 10.1. The van der Waals surface area contributed by atoms with Crippen molar-refractivity contribution in [3.8, 4) is 0 Å². The third-order valence-corrected chi connectivity index (χ3v) is 2.50. The molecule has 0 heterocycles. The van der Waals surface area contributed by atoms with E-state index in [0.29, 0.717) is 37.3 Å². The summed E-state index contributed by atoms with van der Waals surface area (Å²) in [6, 6.07) is 6.20. The summed E-state index contributed by atoms with van der Waals surface area (Å²) < 4.78 is 0. The molecule has 98 valence electrons. The average Bonchev–Trinajstić information content (AvgIpc) is 2.38. The number of amides is 2. The van der Waals surface area contributed by atoms with Gasteiger partial charge in [0.15, 0.2) is 0 Å². The van der Waals surface area contributed by atoms with Crippen molar-refractivity contribution in [3.63, 3.8) is 0 Å². The maximum atomic E-state index is 12.1. The lowest BCUT2D eigenvalue weighted by Gasteiger charge is -2.21. The number of nitrogens with zero attached hydrogens (tertiary/aromatic N) is 1. The van der Waals surface area contributed by atoms with Crippen LogP contribution in [0.15, 0.2) is 24.3 Å². The van der Waals surface area contributed by atoms with Gasteiger partial charge in [-0.1, -0.05) is 0 Å². The fraction of sp³-hybridized carbons (Fsp3) is 0.333. The highest BCUT2D eigenvalue weighted by Gasteiger charge is 2.14. The molecule has 6 N–H and O–H groups in total. The lowest BCUT2D eigenvalue weighted by Crippen LogP contribution is -2.38. The molecular weight excluding hydrogens is 232 g/mol. The van der Waals surface area contributed by atoms with Gasteiger partial charge in [0.1, 0.15) is 0 Å². The third-order valence-electron chi connectivity index (χ3n) is 2.50. The zero-order valence-electron chi connectivity index (χ0n) is 10.1. The Balaban J connectivity index is 2.84. The van der Waals surface area contributed by atoms with Gasteiger partial charge >= 0.3 is 0 Å². The van der Waals surface area contributed by atoms with Gasteiger partial charge in [0.05, 0.1) is 0 Å². The van der Waals surface area contributed by atoms with Crippen molar-refractivity contribution in [1.82, 2.24) is 4.90 Å². The maximum Gasteiger partial charge on any atom is 0.253 e. The van der Waals surface area contributed by atoms with Crippen LogP contribution in [0, 0.1) is 0 Å². The van der Waals surface area contributed by atoms with E-state index in [2.05, 4.69) is 0 Å². The van der Waals surface area contributed by atoms with Crippen molar-refractivity contribution < 1.29 is 9.59 Å². The molecule has 1 aromatic carbocycles. The van der Waals surface area contributed by atoms with Crippen LogP contribution in [0.2, 0.25) is 0 Å². The first-order valence-electron chi connectivity index (χ1n) is 5.69. The number of primary amides is 1. The quantitative estimate of drug-likeness (QED) is 0.609. The molecule has 0 fully saturated rings. The summed E-state index contributed by atoms with van der Waals surface area (Å²) in [6.07, 6.45) is 0. The van der Waals surface area contributed by atoms with Gasteiger partial charge in [-0.05, 0) is 24.3 Å². The molecule has 0 aliphatic heterocycles. The second-order valence-corrected chi connectivity index (χ2v) is 3.81. The van der Waals surface area contributed by atoms with Crippen molar-refractivity contribution in [3.05, 3.63) is 35.4 Å². The van der Waals surface area contributed by atoms with Gasteiger partial charge in [0.2, 0.25) is 5.91 Å². The number of rotatable bonds is 6. The Bertz CT molecular complexity index is 411.